The van der Waals surface area contributed by atoms with E-state index in [1.54, 1.807) is 5.57 Å². The highest BCUT2D eigenvalue weighted by atomic mass is 16.3. The van der Waals surface area contributed by atoms with Gasteiger partial charge in [0.1, 0.15) is 0 Å². The Morgan fingerprint density at radius 3 is 2.61 bits per heavy atom. The maximum Gasteiger partial charge on any atom is 0.0837 e. The zero-order chi connectivity index (χ0) is 23.0. The lowest BCUT2D eigenvalue weighted by Gasteiger charge is -2.44. The van der Waals surface area contributed by atoms with Gasteiger partial charge in [0.25, 0.3) is 0 Å². The molecule has 7 atom stereocenters. The van der Waals surface area contributed by atoms with Gasteiger partial charge in [0, 0.05) is 5.92 Å². The van der Waals surface area contributed by atoms with Crippen molar-refractivity contribution in [2.24, 2.45) is 29.1 Å². The van der Waals surface area contributed by atoms with Gasteiger partial charge in [0.15, 0.2) is 0 Å². The van der Waals surface area contributed by atoms with Gasteiger partial charge in [-0.3, -0.25) is 0 Å². The minimum atomic E-state index is -0.648. The number of aliphatic hydroxyl groups excluding tert-OH is 2. The van der Waals surface area contributed by atoms with Crippen molar-refractivity contribution in [3.8, 4) is 0 Å². The van der Waals surface area contributed by atoms with Gasteiger partial charge in [-0.05, 0) is 93.1 Å². The topological polar surface area (TPSA) is 60.7 Å². The zero-order valence-corrected chi connectivity index (χ0v) is 20.5. The van der Waals surface area contributed by atoms with Crippen LogP contribution in [-0.4, -0.2) is 33.1 Å². The first kappa shape index (κ1) is 24.7. The highest BCUT2D eigenvalue weighted by molar-refractivity contribution is 5.39. The fourth-order valence-electron chi connectivity index (χ4n) is 6.91. The molecular formula is C28H46O3. The van der Waals surface area contributed by atoms with Gasteiger partial charge in [0.05, 0.1) is 17.8 Å². The van der Waals surface area contributed by atoms with Gasteiger partial charge >= 0.3 is 0 Å². The molecule has 3 saturated carbocycles. The van der Waals surface area contributed by atoms with Crippen LogP contribution in [0, 0.1) is 29.1 Å². The van der Waals surface area contributed by atoms with Crippen LogP contribution >= 0.6 is 0 Å². The Morgan fingerprint density at radius 1 is 1.23 bits per heavy atom. The lowest BCUT2D eigenvalue weighted by molar-refractivity contribution is 0.0283. The van der Waals surface area contributed by atoms with Crippen molar-refractivity contribution in [3.63, 3.8) is 0 Å². The van der Waals surface area contributed by atoms with Crippen molar-refractivity contribution in [2.45, 2.75) is 110 Å². The van der Waals surface area contributed by atoms with Crippen LogP contribution in [0.1, 0.15) is 92.4 Å². The first-order chi connectivity index (χ1) is 14.4. The van der Waals surface area contributed by atoms with Crippen molar-refractivity contribution < 1.29 is 15.3 Å². The Bertz CT molecular complexity index is 712. The first-order valence-corrected chi connectivity index (χ1v) is 12.6. The Kier molecular flexibility index (Phi) is 7.61. The van der Waals surface area contributed by atoms with E-state index in [-0.39, 0.29) is 5.92 Å². The number of fused-ring (bicyclic) bond motifs is 1. The van der Waals surface area contributed by atoms with Crippen LogP contribution in [0.2, 0.25) is 0 Å². The highest BCUT2D eigenvalue weighted by Crippen LogP contribution is 2.60. The van der Waals surface area contributed by atoms with Crippen LogP contribution in [0.15, 0.2) is 35.5 Å². The van der Waals surface area contributed by atoms with E-state index in [9.17, 15) is 15.3 Å². The number of hydrogen-bond acceptors (Lipinski definition) is 3. The van der Waals surface area contributed by atoms with Crippen LogP contribution in [0.25, 0.3) is 0 Å². The summed E-state index contributed by atoms with van der Waals surface area (Å²) in [5, 5.41) is 30.7. The summed E-state index contributed by atoms with van der Waals surface area (Å²) in [5.41, 5.74) is 3.15. The van der Waals surface area contributed by atoms with E-state index in [4.69, 9.17) is 0 Å². The molecule has 0 radical (unpaired) electrons. The Morgan fingerprint density at radius 2 is 1.94 bits per heavy atom. The van der Waals surface area contributed by atoms with Gasteiger partial charge in [-0.15, -0.1) is 0 Å². The second kappa shape index (κ2) is 9.53. The van der Waals surface area contributed by atoms with Crippen molar-refractivity contribution in [3.05, 3.63) is 35.5 Å². The summed E-state index contributed by atoms with van der Waals surface area (Å²) in [4.78, 5) is 0. The molecule has 0 aromatic carbocycles. The van der Waals surface area contributed by atoms with Crippen molar-refractivity contribution in [2.75, 3.05) is 0 Å². The number of hydrogen-bond donors (Lipinski definition) is 3. The van der Waals surface area contributed by atoms with E-state index in [1.165, 1.54) is 32.1 Å². The van der Waals surface area contributed by atoms with Crippen LogP contribution in [0.5, 0.6) is 0 Å². The summed E-state index contributed by atoms with van der Waals surface area (Å²) in [5.74, 6) is 1.94. The molecule has 3 nitrogen and oxygen atoms in total. The number of allylic oxidation sites excluding steroid dienone is 3. The molecule has 0 aromatic heterocycles. The molecule has 0 bridgehead atoms. The Labute approximate surface area is 190 Å². The molecule has 3 aliphatic carbocycles. The second-order valence-corrected chi connectivity index (χ2v) is 11.8. The third-order valence-corrected chi connectivity index (χ3v) is 8.97. The maximum absolute atomic E-state index is 10.4. The lowest BCUT2D eigenvalue weighted by Crippen LogP contribution is -2.36. The van der Waals surface area contributed by atoms with Crippen LogP contribution < -0.4 is 0 Å². The summed E-state index contributed by atoms with van der Waals surface area (Å²) in [6.45, 7) is 14.8. The average molecular weight is 431 g/mol. The van der Waals surface area contributed by atoms with E-state index in [0.29, 0.717) is 23.7 Å². The van der Waals surface area contributed by atoms with E-state index < -0.39 is 17.8 Å². The fraction of sp³-hybridized carbons (Fsp3) is 0.786. The quantitative estimate of drug-likeness (QED) is 0.488. The van der Waals surface area contributed by atoms with Crippen molar-refractivity contribution in [1.29, 1.82) is 0 Å². The Hall–Kier alpha value is -0.900. The molecule has 0 aromatic rings. The van der Waals surface area contributed by atoms with Gasteiger partial charge in [-0.25, -0.2) is 0 Å². The highest BCUT2D eigenvalue weighted by Gasteiger charge is 2.50. The lowest BCUT2D eigenvalue weighted by atomic mass is 9.60. The second-order valence-electron chi connectivity index (χ2n) is 11.8. The molecule has 3 N–H and O–H groups in total. The molecule has 0 spiro atoms. The summed E-state index contributed by atoms with van der Waals surface area (Å²) < 4.78 is 0. The van der Waals surface area contributed by atoms with Crippen LogP contribution in [-0.2, 0) is 0 Å². The zero-order valence-electron chi connectivity index (χ0n) is 20.5. The van der Waals surface area contributed by atoms with E-state index in [0.717, 1.165) is 36.3 Å². The largest absolute Gasteiger partial charge is 0.392 e. The smallest absolute Gasteiger partial charge is 0.0837 e. The fourth-order valence-corrected chi connectivity index (χ4v) is 6.91. The SMILES string of the molecule is C=C1/C(=C/C=C2\CCCC3(C)C2CCC3[C@@H](C)CCCC(C)(C)O)C[C@@H](O)[C@@H](C)[C@H]1O. The summed E-state index contributed by atoms with van der Waals surface area (Å²) in [7, 11) is 0. The van der Waals surface area contributed by atoms with Gasteiger partial charge in [-0.2, -0.15) is 0 Å². The standard InChI is InChI=1S/C28H46O3/c1-18(9-7-15-27(4,5)31)23-13-14-24-21(10-8-16-28(23,24)6)11-12-22-17-25(29)20(3)26(30)19(22)2/h11-12,18,20,23-26,29-31H,2,7-10,13-17H2,1,3-6H3/b21-11+,22-12+/t18-,20+,23?,24?,25+,26-,28?/m0/s1. The molecule has 3 heteroatoms. The van der Waals surface area contributed by atoms with Crippen molar-refractivity contribution >= 4 is 0 Å². The van der Waals surface area contributed by atoms with Crippen molar-refractivity contribution in [1.82, 2.24) is 0 Å². The van der Waals surface area contributed by atoms with Gasteiger partial charge in [0.2, 0.25) is 0 Å². The van der Waals surface area contributed by atoms with E-state index in [2.05, 4.69) is 32.6 Å². The normalized spacial score (nSPS) is 40.4. The molecule has 0 heterocycles. The summed E-state index contributed by atoms with van der Waals surface area (Å²) in [6, 6.07) is 0. The number of aliphatic hydroxyl groups is 3. The minimum absolute atomic E-state index is 0.149. The predicted octanol–water partition coefficient (Wildman–Crippen LogP) is 5.95. The predicted molar refractivity (Wildman–Crippen MR) is 129 cm³/mol. The molecule has 0 aliphatic heterocycles. The third kappa shape index (κ3) is 5.37. The van der Waals surface area contributed by atoms with Crippen LogP contribution in [0.4, 0.5) is 0 Å². The molecule has 0 saturated heterocycles. The first-order valence-electron chi connectivity index (χ1n) is 12.6. The molecule has 31 heavy (non-hydrogen) atoms. The summed E-state index contributed by atoms with van der Waals surface area (Å²) >= 11 is 0. The molecule has 176 valence electrons. The molecule has 0 amide bonds. The molecule has 3 unspecified atom stereocenters. The van der Waals surface area contributed by atoms with Gasteiger partial charge < -0.3 is 15.3 Å². The monoisotopic (exact) mass is 430 g/mol. The van der Waals surface area contributed by atoms with Gasteiger partial charge in [-0.1, -0.05) is 57.9 Å². The maximum atomic E-state index is 10.4. The minimum Gasteiger partial charge on any atom is -0.392 e. The summed E-state index contributed by atoms with van der Waals surface area (Å²) in [6.07, 6.45) is 13.4. The van der Waals surface area contributed by atoms with Crippen LogP contribution in [0.3, 0.4) is 0 Å². The molecule has 3 fully saturated rings. The third-order valence-electron chi connectivity index (χ3n) is 8.97. The molecular weight excluding hydrogens is 384 g/mol. The van der Waals surface area contributed by atoms with E-state index in [1.807, 2.05) is 20.8 Å². The number of rotatable bonds is 6. The molecule has 3 aliphatic rings. The Balaban J connectivity index is 1.71. The van der Waals surface area contributed by atoms with E-state index >= 15 is 0 Å². The molecule has 3 rings (SSSR count). The average Bonchev–Trinajstić information content (AvgIpc) is 3.04.